The largest absolute Gasteiger partial charge is 0.457 e. The van der Waals surface area contributed by atoms with Crippen LogP contribution in [0, 0.1) is 0 Å². The standard InChI is InChI=1S/C21H20N4O/c1-3-16-11-18(5-1)26-19-6-2-4-17(12-19)23-8-10-25(15-23)21-13-20(21)24-9-7-22(16)14-24/h1-12,20-21H,13-15H2. The lowest BCUT2D eigenvalue weighted by Gasteiger charge is -2.25. The third kappa shape index (κ3) is 2.24. The van der Waals surface area contributed by atoms with E-state index in [9.17, 15) is 0 Å². The summed E-state index contributed by atoms with van der Waals surface area (Å²) in [5.74, 6) is 1.73. The van der Waals surface area contributed by atoms with Gasteiger partial charge in [-0.1, -0.05) is 12.1 Å². The molecule has 0 spiro atoms. The van der Waals surface area contributed by atoms with Crippen molar-refractivity contribution in [1.82, 2.24) is 9.80 Å². The Morgan fingerprint density at radius 2 is 1.23 bits per heavy atom. The molecule has 5 heteroatoms. The Bertz CT molecular complexity index is 850. The average molecular weight is 344 g/mol. The van der Waals surface area contributed by atoms with Crippen LogP contribution in [0.25, 0.3) is 0 Å². The Morgan fingerprint density at radius 3 is 1.77 bits per heavy atom. The lowest BCUT2D eigenvalue weighted by Crippen LogP contribution is -2.33. The van der Waals surface area contributed by atoms with Crippen LogP contribution in [0.2, 0.25) is 0 Å². The summed E-state index contributed by atoms with van der Waals surface area (Å²) in [6.07, 6.45) is 10.0. The van der Waals surface area contributed by atoms with Gasteiger partial charge in [-0.3, -0.25) is 0 Å². The second kappa shape index (κ2) is 5.21. The van der Waals surface area contributed by atoms with Crippen molar-refractivity contribution in [3.8, 4) is 11.5 Å². The lowest BCUT2D eigenvalue weighted by molar-refractivity contribution is 0.316. The van der Waals surface area contributed by atoms with E-state index in [1.807, 2.05) is 12.1 Å². The lowest BCUT2D eigenvalue weighted by atomic mass is 10.2. The van der Waals surface area contributed by atoms with Crippen LogP contribution in [0.4, 0.5) is 11.4 Å². The number of benzene rings is 2. The molecule has 2 aromatic rings. The van der Waals surface area contributed by atoms with Crippen LogP contribution >= 0.6 is 0 Å². The van der Waals surface area contributed by atoms with Crippen LogP contribution in [-0.2, 0) is 0 Å². The van der Waals surface area contributed by atoms with Crippen molar-refractivity contribution >= 4 is 11.4 Å². The SMILES string of the molecule is C1=CN2CN1c1cccc(c1)Oc1cccc(c1)N1C=CN(C1)C1CC12. The number of anilines is 2. The molecule has 1 saturated carbocycles. The summed E-state index contributed by atoms with van der Waals surface area (Å²) in [4.78, 5) is 9.47. The minimum absolute atomic E-state index is 0.594. The van der Waals surface area contributed by atoms with Crippen molar-refractivity contribution in [2.75, 3.05) is 23.1 Å². The highest BCUT2D eigenvalue weighted by atomic mass is 16.5. The molecule has 8 bridgehead atoms. The van der Waals surface area contributed by atoms with Gasteiger partial charge in [0.15, 0.2) is 0 Å². The minimum Gasteiger partial charge on any atom is -0.457 e. The first kappa shape index (κ1) is 14.1. The van der Waals surface area contributed by atoms with Crippen molar-refractivity contribution in [3.63, 3.8) is 0 Å². The normalized spacial score (nSPS) is 24.9. The molecule has 0 saturated heterocycles. The van der Waals surface area contributed by atoms with Gasteiger partial charge in [0.2, 0.25) is 0 Å². The molecule has 0 radical (unpaired) electrons. The summed E-state index contributed by atoms with van der Waals surface area (Å²) < 4.78 is 6.15. The van der Waals surface area contributed by atoms with Crippen LogP contribution < -0.4 is 14.5 Å². The van der Waals surface area contributed by atoms with E-state index in [-0.39, 0.29) is 0 Å². The van der Waals surface area contributed by atoms with Gasteiger partial charge in [0.1, 0.15) is 11.5 Å². The first-order valence-electron chi connectivity index (χ1n) is 9.13. The first-order valence-corrected chi connectivity index (χ1v) is 9.13. The van der Waals surface area contributed by atoms with Gasteiger partial charge >= 0.3 is 0 Å². The van der Waals surface area contributed by atoms with Crippen molar-refractivity contribution in [1.29, 1.82) is 0 Å². The second-order valence-corrected chi connectivity index (χ2v) is 7.31. The molecular weight excluding hydrogens is 324 g/mol. The van der Waals surface area contributed by atoms with Crippen LogP contribution in [0.15, 0.2) is 73.3 Å². The van der Waals surface area contributed by atoms with Crippen molar-refractivity contribution in [3.05, 3.63) is 73.3 Å². The van der Waals surface area contributed by atoms with E-state index in [0.717, 1.165) is 36.2 Å². The molecule has 3 aliphatic heterocycles. The van der Waals surface area contributed by atoms with E-state index in [1.165, 1.54) is 6.42 Å². The van der Waals surface area contributed by atoms with Crippen LogP contribution in [-0.4, -0.2) is 35.2 Å². The van der Waals surface area contributed by atoms with E-state index in [4.69, 9.17) is 4.74 Å². The highest BCUT2D eigenvalue weighted by Gasteiger charge is 2.46. The summed E-state index contributed by atoms with van der Waals surface area (Å²) >= 11 is 0. The van der Waals surface area contributed by atoms with Gasteiger partial charge < -0.3 is 24.3 Å². The summed E-state index contributed by atoms with van der Waals surface area (Å²) in [5.41, 5.74) is 2.32. The summed E-state index contributed by atoms with van der Waals surface area (Å²) in [6, 6.07) is 17.8. The molecule has 6 rings (SSSR count). The highest BCUT2D eigenvalue weighted by Crippen LogP contribution is 2.39. The van der Waals surface area contributed by atoms with E-state index >= 15 is 0 Å². The number of ether oxygens (including phenoxy) is 1. The van der Waals surface area contributed by atoms with Gasteiger partial charge in [-0.05, 0) is 30.7 Å². The number of rotatable bonds is 0. The molecule has 2 unspecified atom stereocenters. The fourth-order valence-electron chi connectivity index (χ4n) is 4.11. The van der Waals surface area contributed by atoms with Gasteiger partial charge in [0, 0.05) is 48.3 Å². The molecular formula is C21H20N4O. The molecule has 2 aromatic carbocycles. The molecule has 3 heterocycles. The Hall–Kier alpha value is -3.08. The van der Waals surface area contributed by atoms with E-state index in [0.29, 0.717) is 12.1 Å². The Morgan fingerprint density at radius 1 is 0.692 bits per heavy atom. The maximum atomic E-state index is 6.15. The predicted octanol–water partition coefficient (Wildman–Crippen LogP) is 3.73. The quantitative estimate of drug-likeness (QED) is 0.724. The number of fused-ring (bicyclic) bond motifs is 13. The molecule has 0 amide bonds. The van der Waals surface area contributed by atoms with E-state index in [1.54, 1.807) is 0 Å². The maximum absolute atomic E-state index is 6.15. The smallest absolute Gasteiger partial charge is 0.129 e. The molecule has 5 nitrogen and oxygen atoms in total. The van der Waals surface area contributed by atoms with Crippen LogP contribution in [0.1, 0.15) is 6.42 Å². The molecule has 1 aliphatic carbocycles. The first-order chi connectivity index (χ1) is 12.8. The molecule has 1 fully saturated rings. The molecule has 2 atom stereocenters. The zero-order valence-corrected chi connectivity index (χ0v) is 14.4. The van der Waals surface area contributed by atoms with Gasteiger partial charge in [-0.15, -0.1) is 0 Å². The third-order valence-corrected chi connectivity index (χ3v) is 5.62. The Labute approximate surface area is 153 Å². The predicted molar refractivity (Wildman–Crippen MR) is 102 cm³/mol. The average Bonchev–Trinajstić information content (AvgIpc) is 3.09. The second-order valence-electron chi connectivity index (χ2n) is 7.31. The van der Waals surface area contributed by atoms with Gasteiger partial charge in [0.25, 0.3) is 0 Å². The molecule has 26 heavy (non-hydrogen) atoms. The van der Waals surface area contributed by atoms with Crippen molar-refractivity contribution < 1.29 is 4.74 Å². The zero-order chi connectivity index (χ0) is 17.1. The van der Waals surface area contributed by atoms with Crippen LogP contribution in [0.3, 0.4) is 0 Å². The Kier molecular flexibility index (Phi) is 2.83. The maximum Gasteiger partial charge on any atom is 0.129 e. The molecule has 130 valence electrons. The van der Waals surface area contributed by atoms with E-state index < -0.39 is 0 Å². The zero-order valence-electron chi connectivity index (χ0n) is 14.4. The molecule has 0 N–H and O–H groups in total. The fraction of sp³-hybridized carbons (Fsp3) is 0.238. The summed E-state index contributed by atoms with van der Waals surface area (Å²) in [7, 11) is 0. The number of hydrogen-bond acceptors (Lipinski definition) is 5. The number of hydrogen-bond donors (Lipinski definition) is 0. The van der Waals surface area contributed by atoms with Crippen molar-refractivity contribution in [2.24, 2.45) is 0 Å². The van der Waals surface area contributed by atoms with Crippen molar-refractivity contribution in [2.45, 2.75) is 18.5 Å². The Balaban J connectivity index is 1.41. The van der Waals surface area contributed by atoms with E-state index in [2.05, 4.69) is 80.8 Å². The molecule has 4 aliphatic rings. The number of nitrogens with zero attached hydrogens (tertiary/aromatic N) is 4. The van der Waals surface area contributed by atoms with Gasteiger partial charge in [-0.25, -0.2) is 0 Å². The summed E-state index contributed by atoms with van der Waals surface area (Å²) in [6.45, 7) is 1.80. The fourth-order valence-corrected chi connectivity index (χ4v) is 4.11. The van der Waals surface area contributed by atoms with Gasteiger partial charge in [-0.2, -0.15) is 0 Å². The monoisotopic (exact) mass is 344 g/mol. The molecule has 0 aromatic heterocycles. The van der Waals surface area contributed by atoms with Crippen LogP contribution in [0.5, 0.6) is 11.5 Å². The topological polar surface area (TPSA) is 22.2 Å². The third-order valence-electron chi connectivity index (χ3n) is 5.62. The van der Waals surface area contributed by atoms with Gasteiger partial charge in [0.05, 0.1) is 25.4 Å². The summed E-state index contributed by atoms with van der Waals surface area (Å²) in [5, 5.41) is 0. The highest BCUT2D eigenvalue weighted by molar-refractivity contribution is 5.57. The minimum atomic E-state index is 0.594.